The molecule has 1 fully saturated rings. The van der Waals surface area contributed by atoms with Crippen molar-refractivity contribution >= 4 is 18.0 Å². The van der Waals surface area contributed by atoms with E-state index in [0.29, 0.717) is 0 Å². The summed E-state index contributed by atoms with van der Waals surface area (Å²) in [5, 5.41) is 0. The number of amides is 1. The van der Waals surface area contributed by atoms with Crippen molar-refractivity contribution in [3.63, 3.8) is 0 Å². The molecule has 0 bridgehead atoms. The minimum absolute atomic E-state index is 0.00769. The van der Waals surface area contributed by atoms with Gasteiger partial charge in [-0.25, -0.2) is 14.4 Å². The Kier molecular flexibility index (Phi) is 4.70. The highest BCUT2D eigenvalue weighted by atomic mass is 16.6. The first-order valence-corrected chi connectivity index (χ1v) is 5.32. The minimum Gasteiger partial charge on any atom is -0.466 e. The highest BCUT2D eigenvalue weighted by Gasteiger charge is 2.37. The number of esters is 2. The van der Waals surface area contributed by atoms with Crippen LogP contribution in [0.15, 0.2) is 12.2 Å². The van der Waals surface area contributed by atoms with E-state index < -0.39 is 18.0 Å². The molecule has 0 radical (unpaired) electrons. The lowest BCUT2D eigenvalue weighted by Crippen LogP contribution is -2.37. The van der Waals surface area contributed by atoms with Crippen LogP contribution in [0.5, 0.6) is 0 Å². The SMILES string of the molecule is COC(=O)/C=C/C(=O)OCC1C(C)OC(=O)N1C. The van der Waals surface area contributed by atoms with E-state index in [1.807, 2.05) is 0 Å². The molecule has 0 N–H and O–H groups in total. The van der Waals surface area contributed by atoms with Crippen molar-refractivity contribution in [1.29, 1.82) is 0 Å². The average molecular weight is 257 g/mol. The second kappa shape index (κ2) is 6.04. The number of nitrogens with zero attached hydrogens (tertiary/aromatic N) is 1. The van der Waals surface area contributed by atoms with Crippen molar-refractivity contribution < 1.29 is 28.6 Å². The van der Waals surface area contributed by atoms with E-state index >= 15 is 0 Å². The fourth-order valence-corrected chi connectivity index (χ4v) is 1.44. The molecule has 2 atom stereocenters. The van der Waals surface area contributed by atoms with E-state index in [1.165, 1.54) is 12.0 Å². The number of hydrogen-bond acceptors (Lipinski definition) is 6. The van der Waals surface area contributed by atoms with Gasteiger partial charge in [0.2, 0.25) is 0 Å². The molecule has 100 valence electrons. The van der Waals surface area contributed by atoms with Crippen LogP contribution >= 0.6 is 0 Å². The molecule has 1 saturated heterocycles. The third-order valence-electron chi connectivity index (χ3n) is 2.57. The van der Waals surface area contributed by atoms with Gasteiger partial charge in [0.1, 0.15) is 18.8 Å². The zero-order valence-electron chi connectivity index (χ0n) is 10.4. The standard InChI is InChI=1S/C11H15NO6/c1-7-8(12(2)11(15)18-7)6-17-10(14)5-4-9(13)16-3/h4-5,7-8H,6H2,1-3H3/b5-4+. The van der Waals surface area contributed by atoms with Crippen LogP contribution in [0, 0.1) is 0 Å². The zero-order valence-corrected chi connectivity index (χ0v) is 10.4. The van der Waals surface area contributed by atoms with Crippen molar-refractivity contribution in [3.8, 4) is 0 Å². The van der Waals surface area contributed by atoms with Gasteiger partial charge < -0.3 is 19.1 Å². The molecule has 7 heteroatoms. The summed E-state index contributed by atoms with van der Waals surface area (Å²) in [6.45, 7) is 1.72. The normalized spacial score (nSPS) is 23.1. The monoisotopic (exact) mass is 257 g/mol. The number of rotatable bonds is 4. The molecule has 7 nitrogen and oxygen atoms in total. The Morgan fingerprint density at radius 3 is 2.50 bits per heavy atom. The van der Waals surface area contributed by atoms with E-state index in [-0.39, 0.29) is 18.8 Å². The summed E-state index contributed by atoms with van der Waals surface area (Å²) in [5.41, 5.74) is 0. The highest BCUT2D eigenvalue weighted by Crippen LogP contribution is 2.17. The highest BCUT2D eigenvalue weighted by molar-refractivity contribution is 5.91. The van der Waals surface area contributed by atoms with E-state index in [0.717, 1.165) is 12.2 Å². The summed E-state index contributed by atoms with van der Waals surface area (Å²) >= 11 is 0. The Morgan fingerprint density at radius 2 is 2.00 bits per heavy atom. The lowest BCUT2D eigenvalue weighted by molar-refractivity contribution is -0.140. The summed E-state index contributed by atoms with van der Waals surface area (Å²) < 4.78 is 14.2. The number of ether oxygens (including phenoxy) is 3. The van der Waals surface area contributed by atoms with Gasteiger partial charge in [-0.05, 0) is 6.92 Å². The van der Waals surface area contributed by atoms with Gasteiger partial charge in [-0.2, -0.15) is 0 Å². The van der Waals surface area contributed by atoms with E-state index in [4.69, 9.17) is 9.47 Å². The molecule has 1 heterocycles. The minimum atomic E-state index is -0.680. The van der Waals surface area contributed by atoms with Gasteiger partial charge in [0.15, 0.2) is 0 Å². The number of methoxy groups -OCH3 is 1. The summed E-state index contributed by atoms with van der Waals surface area (Å²) in [5.74, 6) is -1.32. The van der Waals surface area contributed by atoms with Crippen LogP contribution in [0.25, 0.3) is 0 Å². The first kappa shape index (κ1) is 14.0. The molecular weight excluding hydrogens is 242 g/mol. The van der Waals surface area contributed by atoms with Crippen LogP contribution in [0.3, 0.4) is 0 Å². The number of likely N-dealkylation sites (N-methyl/N-ethyl adjacent to an activating group) is 1. The molecule has 1 rings (SSSR count). The van der Waals surface area contributed by atoms with Gasteiger partial charge in [-0.15, -0.1) is 0 Å². The lowest BCUT2D eigenvalue weighted by Gasteiger charge is -2.18. The van der Waals surface area contributed by atoms with Gasteiger partial charge in [-0.1, -0.05) is 0 Å². The zero-order chi connectivity index (χ0) is 13.7. The fraction of sp³-hybridized carbons (Fsp3) is 0.545. The number of carbonyl (C=O) groups is 3. The molecule has 18 heavy (non-hydrogen) atoms. The smallest absolute Gasteiger partial charge is 0.410 e. The topological polar surface area (TPSA) is 82.1 Å². The van der Waals surface area contributed by atoms with Crippen LogP contribution in [-0.2, 0) is 23.8 Å². The van der Waals surface area contributed by atoms with Crippen LogP contribution in [0.2, 0.25) is 0 Å². The molecule has 0 aromatic carbocycles. The average Bonchev–Trinajstić information content (AvgIpc) is 2.58. The number of carbonyl (C=O) groups excluding carboxylic acids is 3. The number of hydrogen-bond donors (Lipinski definition) is 0. The summed E-state index contributed by atoms with van der Waals surface area (Å²) in [4.78, 5) is 34.5. The third kappa shape index (κ3) is 3.47. The summed E-state index contributed by atoms with van der Waals surface area (Å²) in [6.07, 6.45) is 1.13. The van der Waals surface area contributed by atoms with E-state index in [9.17, 15) is 14.4 Å². The van der Waals surface area contributed by atoms with Gasteiger partial charge in [-0.3, -0.25) is 0 Å². The molecule has 1 aliphatic rings. The summed E-state index contributed by atoms with van der Waals surface area (Å²) in [7, 11) is 2.77. The summed E-state index contributed by atoms with van der Waals surface area (Å²) in [6, 6.07) is -0.326. The lowest BCUT2D eigenvalue weighted by atomic mass is 10.2. The van der Waals surface area contributed by atoms with Gasteiger partial charge in [0.25, 0.3) is 0 Å². The second-order valence-electron chi connectivity index (χ2n) is 3.75. The van der Waals surface area contributed by atoms with E-state index in [1.54, 1.807) is 14.0 Å². The quantitative estimate of drug-likeness (QED) is 0.403. The van der Waals surface area contributed by atoms with Crippen LogP contribution in [0.1, 0.15) is 6.92 Å². The maximum absolute atomic E-state index is 11.3. The Labute approximate surface area is 104 Å². The Morgan fingerprint density at radius 1 is 1.39 bits per heavy atom. The van der Waals surface area contributed by atoms with Crippen LogP contribution < -0.4 is 0 Å². The molecule has 1 aliphatic heterocycles. The number of cyclic esters (lactones) is 1. The molecule has 0 aromatic heterocycles. The van der Waals surface area contributed by atoms with E-state index in [2.05, 4.69) is 4.74 Å². The molecule has 0 saturated carbocycles. The molecular formula is C11H15NO6. The first-order chi connectivity index (χ1) is 8.45. The first-order valence-electron chi connectivity index (χ1n) is 5.32. The van der Waals surface area contributed by atoms with Crippen molar-refractivity contribution in [2.45, 2.75) is 19.1 Å². The second-order valence-corrected chi connectivity index (χ2v) is 3.75. The van der Waals surface area contributed by atoms with Crippen molar-refractivity contribution in [2.24, 2.45) is 0 Å². The fourth-order valence-electron chi connectivity index (χ4n) is 1.44. The largest absolute Gasteiger partial charge is 0.466 e. The van der Waals surface area contributed by atoms with Crippen molar-refractivity contribution in [1.82, 2.24) is 4.90 Å². The van der Waals surface area contributed by atoms with Gasteiger partial charge in [0, 0.05) is 19.2 Å². The third-order valence-corrected chi connectivity index (χ3v) is 2.57. The predicted octanol–water partition coefficient (Wildman–Crippen LogP) is 0.0979. The molecule has 0 spiro atoms. The molecule has 0 aromatic rings. The van der Waals surface area contributed by atoms with Crippen LogP contribution in [0.4, 0.5) is 4.79 Å². The molecule has 0 aliphatic carbocycles. The van der Waals surface area contributed by atoms with Crippen molar-refractivity contribution in [3.05, 3.63) is 12.2 Å². The molecule has 2 unspecified atom stereocenters. The van der Waals surface area contributed by atoms with Gasteiger partial charge in [0.05, 0.1) is 7.11 Å². The predicted molar refractivity (Wildman–Crippen MR) is 59.6 cm³/mol. The Balaban J connectivity index is 2.41. The Hall–Kier alpha value is -2.05. The Bertz CT molecular complexity index is 378. The maximum Gasteiger partial charge on any atom is 0.410 e. The molecule has 1 amide bonds. The van der Waals surface area contributed by atoms with Crippen molar-refractivity contribution in [2.75, 3.05) is 20.8 Å². The van der Waals surface area contributed by atoms with Gasteiger partial charge >= 0.3 is 18.0 Å². The maximum atomic E-state index is 11.3. The van der Waals surface area contributed by atoms with Crippen LogP contribution in [-0.4, -0.2) is 55.8 Å².